The second kappa shape index (κ2) is 6.96. The summed E-state index contributed by atoms with van der Waals surface area (Å²) in [6.07, 6.45) is 0.861. The zero-order valence-corrected chi connectivity index (χ0v) is 14.5. The Morgan fingerprint density at radius 3 is 2.92 bits per heavy atom. The molecule has 0 spiro atoms. The Bertz CT molecular complexity index is 799. The van der Waals surface area contributed by atoms with Crippen molar-refractivity contribution >= 4 is 23.4 Å². The molecule has 3 rings (SSSR count). The molecule has 1 unspecified atom stereocenters. The third kappa shape index (κ3) is 3.22. The molecule has 0 aliphatic carbocycles. The molecule has 7 nitrogen and oxygen atoms in total. The molecule has 1 atom stereocenters. The Balaban J connectivity index is 1.74. The molecule has 1 saturated heterocycles. The lowest BCUT2D eigenvalue weighted by Gasteiger charge is -2.19. The molecule has 1 aromatic carbocycles. The van der Waals surface area contributed by atoms with Crippen LogP contribution in [0.3, 0.4) is 0 Å². The van der Waals surface area contributed by atoms with Gasteiger partial charge in [0.1, 0.15) is 5.75 Å². The average molecular weight is 343 g/mol. The predicted octanol–water partition coefficient (Wildman–Crippen LogP) is 2.55. The van der Waals surface area contributed by atoms with E-state index < -0.39 is 5.92 Å². The lowest BCUT2D eigenvalue weighted by molar-refractivity contribution is -0.122. The first-order valence-corrected chi connectivity index (χ1v) is 8.24. The van der Waals surface area contributed by atoms with Gasteiger partial charge in [0.2, 0.25) is 17.7 Å². The van der Waals surface area contributed by atoms with E-state index in [0.717, 1.165) is 11.3 Å². The molecule has 7 heteroatoms. The van der Waals surface area contributed by atoms with Gasteiger partial charge < -0.3 is 14.2 Å². The van der Waals surface area contributed by atoms with Gasteiger partial charge in [-0.1, -0.05) is 24.2 Å². The number of nitrogens with zero attached hydrogens (tertiary/aromatic N) is 2. The van der Waals surface area contributed by atoms with Gasteiger partial charge in [-0.15, -0.1) is 0 Å². The summed E-state index contributed by atoms with van der Waals surface area (Å²) in [6.45, 7) is 4.11. The second-order valence-electron chi connectivity index (χ2n) is 6.00. The van der Waals surface area contributed by atoms with Crippen molar-refractivity contribution in [3.8, 4) is 5.75 Å². The highest BCUT2D eigenvalue weighted by molar-refractivity contribution is 6.04. The molecular formula is C18H21N3O4. The summed E-state index contributed by atoms with van der Waals surface area (Å²) in [5, 5.41) is 6.65. The van der Waals surface area contributed by atoms with Crippen LogP contribution in [0.1, 0.15) is 24.6 Å². The molecule has 0 bridgehead atoms. The number of para-hydroxylation sites is 2. The van der Waals surface area contributed by atoms with Crippen LogP contribution in [-0.2, 0) is 16.0 Å². The maximum absolute atomic E-state index is 12.6. The van der Waals surface area contributed by atoms with Crippen LogP contribution in [0.2, 0.25) is 0 Å². The summed E-state index contributed by atoms with van der Waals surface area (Å²) >= 11 is 0. The summed E-state index contributed by atoms with van der Waals surface area (Å²) in [6, 6.07) is 7.28. The van der Waals surface area contributed by atoms with Crippen molar-refractivity contribution in [1.29, 1.82) is 0 Å². The summed E-state index contributed by atoms with van der Waals surface area (Å²) < 4.78 is 10.5. The minimum atomic E-state index is -0.451. The average Bonchev–Trinajstić information content (AvgIpc) is 3.17. The van der Waals surface area contributed by atoms with Gasteiger partial charge in [-0.25, -0.2) is 0 Å². The topological polar surface area (TPSA) is 84.7 Å². The molecule has 2 heterocycles. The van der Waals surface area contributed by atoms with Crippen LogP contribution in [0.5, 0.6) is 5.75 Å². The van der Waals surface area contributed by atoms with E-state index in [0.29, 0.717) is 30.3 Å². The standard InChI is InChI=1S/C18H21N3O4/c1-4-13-11(2)20-25-18(13)19-17(23)12-9-16(22)21(10-12)14-7-5-6-8-15(14)24-3/h5-8,12H,4,9-10H2,1-3H3,(H,19,23). The molecule has 25 heavy (non-hydrogen) atoms. The number of hydrogen-bond acceptors (Lipinski definition) is 5. The van der Waals surface area contributed by atoms with E-state index in [1.54, 1.807) is 18.1 Å². The van der Waals surface area contributed by atoms with E-state index >= 15 is 0 Å². The predicted molar refractivity (Wildman–Crippen MR) is 92.7 cm³/mol. The number of aryl methyl sites for hydroxylation is 1. The number of rotatable bonds is 5. The number of anilines is 2. The van der Waals surface area contributed by atoms with Gasteiger partial charge in [0.25, 0.3) is 0 Å². The summed E-state index contributed by atoms with van der Waals surface area (Å²) in [7, 11) is 1.56. The van der Waals surface area contributed by atoms with Gasteiger partial charge in [-0.3, -0.25) is 14.9 Å². The number of benzene rings is 1. The highest BCUT2D eigenvalue weighted by Crippen LogP contribution is 2.33. The molecule has 0 saturated carbocycles. The number of methoxy groups -OCH3 is 1. The number of amides is 2. The number of aromatic nitrogens is 1. The minimum Gasteiger partial charge on any atom is -0.495 e. The third-order valence-corrected chi connectivity index (χ3v) is 4.45. The number of carbonyl (C=O) groups is 2. The van der Waals surface area contributed by atoms with Crippen LogP contribution in [-0.4, -0.2) is 30.6 Å². The zero-order valence-electron chi connectivity index (χ0n) is 14.5. The second-order valence-corrected chi connectivity index (χ2v) is 6.00. The fraction of sp³-hybridized carbons (Fsp3) is 0.389. The Labute approximate surface area is 145 Å². The molecule has 1 aliphatic rings. The van der Waals surface area contributed by atoms with Crippen LogP contribution in [0.4, 0.5) is 11.6 Å². The summed E-state index contributed by atoms with van der Waals surface area (Å²) in [4.78, 5) is 26.5. The van der Waals surface area contributed by atoms with Gasteiger partial charge >= 0.3 is 0 Å². The Morgan fingerprint density at radius 1 is 1.44 bits per heavy atom. The fourth-order valence-corrected chi connectivity index (χ4v) is 3.09. The van der Waals surface area contributed by atoms with Gasteiger partial charge in [0.05, 0.1) is 24.4 Å². The highest BCUT2D eigenvalue weighted by Gasteiger charge is 2.36. The van der Waals surface area contributed by atoms with Crippen molar-refractivity contribution in [2.24, 2.45) is 5.92 Å². The number of carbonyl (C=O) groups excluding carboxylic acids is 2. The molecular weight excluding hydrogens is 322 g/mol. The van der Waals surface area contributed by atoms with Crippen molar-refractivity contribution in [3.63, 3.8) is 0 Å². The molecule has 1 aromatic heterocycles. The van der Waals surface area contributed by atoms with Gasteiger partial charge in [-0.2, -0.15) is 0 Å². The Kier molecular flexibility index (Phi) is 4.74. The molecule has 1 N–H and O–H groups in total. The van der Waals surface area contributed by atoms with E-state index in [-0.39, 0.29) is 18.2 Å². The minimum absolute atomic E-state index is 0.103. The van der Waals surface area contributed by atoms with Crippen LogP contribution in [0.25, 0.3) is 0 Å². The number of hydrogen-bond donors (Lipinski definition) is 1. The van der Waals surface area contributed by atoms with Crippen molar-refractivity contribution < 1.29 is 18.8 Å². The van der Waals surface area contributed by atoms with Crippen molar-refractivity contribution in [1.82, 2.24) is 5.16 Å². The fourth-order valence-electron chi connectivity index (χ4n) is 3.09. The smallest absolute Gasteiger partial charge is 0.234 e. The largest absolute Gasteiger partial charge is 0.495 e. The molecule has 0 radical (unpaired) electrons. The molecule has 1 aliphatic heterocycles. The maximum Gasteiger partial charge on any atom is 0.234 e. The monoisotopic (exact) mass is 343 g/mol. The molecule has 1 fully saturated rings. The third-order valence-electron chi connectivity index (χ3n) is 4.45. The first-order valence-electron chi connectivity index (χ1n) is 8.24. The Morgan fingerprint density at radius 2 is 2.20 bits per heavy atom. The highest BCUT2D eigenvalue weighted by atomic mass is 16.5. The molecule has 2 aromatic rings. The molecule has 132 valence electrons. The van der Waals surface area contributed by atoms with E-state index in [9.17, 15) is 9.59 Å². The van der Waals surface area contributed by atoms with Gasteiger partial charge in [0.15, 0.2) is 0 Å². The lowest BCUT2D eigenvalue weighted by Crippen LogP contribution is -2.28. The van der Waals surface area contributed by atoms with E-state index in [2.05, 4.69) is 10.5 Å². The van der Waals surface area contributed by atoms with Crippen LogP contribution >= 0.6 is 0 Å². The van der Waals surface area contributed by atoms with E-state index in [1.165, 1.54) is 0 Å². The first-order chi connectivity index (χ1) is 12.0. The van der Waals surface area contributed by atoms with E-state index in [4.69, 9.17) is 9.26 Å². The van der Waals surface area contributed by atoms with Crippen molar-refractivity contribution in [3.05, 3.63) is 35.5 Å². The van der Waals surface area contributed by atoms with Gasteiger partial charge in [0, 0.05) is 18.5 Å². The van der Waals surface area contributed by atoms with Crippen LogP contribution in [0.15, 0.2) is 28.8 Å². The van der Waals surface area contributed by atoms with Crippen LogP contribution in [0, 0.1) is 12.8 Å². The quantitative estimate of drug-likeness (QED) is 0.902. The van der Waals surface area contributed by atoms with E-state index in [1.807, 2.05) is 32.0 Å². The molecule has 2 amide bonds. The number of ether oxygens (including phenoxy) is 1. The maximum atomic E-state index is 12.6. The summed E-state index contributed by atoms with van der Waals surface area (Å²) in [5.41, 5.74) is 2.31. The Hall–Kier alpha value is -2.83. The van der Waals surface area contributed by atoms with Crippen LogP contribution < -0.4 is 15.0 Å². The van der Waals surface area contributed by atoms with Crippen molar-refractivity contribution in [2.75, 3.05) is 23.9 Å². The number of nitrogens with one attached hydrogen (secondary N) is 1. The SMILES string of the molecule is CCc1c(C)noc1NC(=O)C1CC(=O)N(c2ccccc2OC)C1. The first kappa shape index (κ1) is 17.0. The van der Waals surface area contributed by atoms with Crippen molar-refractivity contribution in [2.45, 2.75) is 26.7 Å². The lowest BCUT2D eigenvalue weighted by atomic mass is 10.1. The zero-order chi connectivity index (χ0) is 18.0. The summed E-state index contributed by atoms with van der Waals surface area (Å²) in [5.74, 6) is 0.183. The normalized spacial score (nSPS) is 17.0. The van der Waals surface area contributed by atoms with Gasteiger partial charge in [-0.05, 0) is 25.5 Å².